The van der Waals surface area contributed by atoms with Gasteiger partial charge in [-0.1, -0.05) is 0 Å². The molecule has 2 heterocycles. The number of aromatic nitrogens is 2. The smallest absolute Gasteiger partial charge is 0.267 e. The number of nitrogens with two attached hydrogens (primary N) is 1. The van der Waals surface area contributed by atoms with Gasteiger partial charge in [0.15, 0.2) is 5.60 Å². The highest BCUT2D eigenvalue weighted by Gasteiger charge is 2.39. The van der Waals surface area contributed by atoms with E-state index in [4.69, 9.17) is 10.5 Å². The molecule has 1 atom stereocenters. The third-order valence-corrected chi connectivity index (χ3v) is 3.43. The zero-order chi connectivity index (χ0) is 15.6. The monoisotopic (exact) mass is 294 g/mol. The van der Waals surface area contributed by atoms with E-state index in [2.05, 4.69) is 5.10 Å². The van der Waals surface area contributed by atoms with Crippen molar-refractivity contribution in [1.29, 1.82) is 0 Å². The molecule has 0 spiro atoms. The number of nitrogens with zero attached hydrogens (tertiary/aromatic N) is 3. The minimum atomic E-state index is -1.20. The van der Waals surface area contributed by atoms with Gasteiger partial charge < -0.3 is 15.4 Å². The van der Waals surface area contributed by atoms with Crippen molar-refractivity contribution in [2.45, 2.75) is 26.0 Å². The number of carbonyl (C=O) groups is 2. The minimum absolute atomic E-state index is 0.0712. The molecular formula is C13H18N4O4. The van der Waals surface area contributed by atoms with Crippen LogP contribution < -0.4 is 11.3 Å². The van der Waals surface area contributed by atoms with Crippen molar-refractivity contribution in [3.8, 4) is 0 Å². The van der Waals surface area contributed by atoms with Crippen LogP contribution >= 0.6 is 0 Å². The fourth-order valence-electron chi connectivity index (χ4n) is 2.12. The van der Waals surface area contributed by atoms with Crippen LogP contribution in [0.4, 0.5) is 0 Å². The SMILES string of the molecule is Cc1ccc(=O)n(CC(=O)N2CCO[C@](C)(C(N)=O)C2)n1. The maximum Gasteiger partial charge on any atom is 0.267 e. The Labute approximate surface area is 121 Å². The molecule has 0 aliphatic carbocycles. The van der Waals surface area contributed by atoms with Gasteiger partial charge in [-0.05, 0) is 19.9 Å². The van der Waals surface area contributed by atoms with Gasteiger partial charge >= 0.3 is 0 Å². The molecule has 0 aromatic carbocycles. The molecule has 0 radical (unpaired) electrons. The van der Waals surface area contributed by atoms with Gasteiger partial charge in [0.05, 0.1) is 18.8 Å². The van der Waals surface area contributed by atoms with Crippen LogP contribution in [0.5, 0.6) is 0 Å². The lowest BCUT2D eigenvalue weighted by atomic mass is 10.0. The summed E-state index contributed by atoms with van der Waals surface area (Å²) in [6.07, 6.45) is 0. The predicted molar refractivity (Wildman–Crippen MR) is 73.4 cm³/mol. The molecule has 114 valence electrons. The first-order valence-corrected chi connectivity index (χ1v) is 6.58. The van der Waals surface area contributed by atoms with E-state index in [0.29, 0.717) is 12.2 Å². The van der Waals surface area contributed by atoms with Gasteiger partial charge in [0, 0.05) is 12.6 Å². The van der Waals surface area contributed by atoms with E-state index >= 15 is 0 Å². The van der Waals surface area contributed by atoms with Gasteiger partial charge in [0.1, 0.15) is 6.54 Å². The van der Waals surface area contributed by atoms with Gasteiger partial charge in [-0.3, -0.25) is 14.4 Å². The Kier molecular flexibility index (Phi) is 4.08. The topological polar surface area (TPSA) is 108 Å². The average molecular weight is 294 g/mol. The van der Waals surface area contributed by atoms with Crippen molar-refractivity contribution < 1.29 is 14.3 Å². The lowest BCUT2D eigenvalue weighted by Crippen LogP contribution is -2.58. The van der Waals surface area contributed by atoms with Crippen molar-refractivity contribution in [1.82, 2.24) is 14.7 Å². The first-order chi connectivity index (χ1) is 9.82. The molecule has 2 rings (SSSR count). The predicted octanol–water partition coefficient (Wildman–Crippen LogP) is -1.35. The zero-order valence-electron chi connectivity index (χ0n) is 12.0. The van der Waals surface area contributed by atoms with Crippen molar-refractivity contribution in [2.75, 3.05) is 19.7 Å². The molecule has 2 N–H and O–H groups in total. The quantitative estimate of drug-likeness (QED) is 0.742. The lowest BCUT2D eigenvalue weighted by molar-refractivity contribution is -0.160. The summed E-state index contributed by atoms with van der Waals surface area (Å²) >= 11 is 0. The Morgan fingerprint density at radius 1 is 1.48 bits per heavy atom. The second kappa shape index (κ2) is 5.65. The number of rotatable bonds is 3. The second-order valence-electron chi connectivity index (χ2n) is 5.23. The fourth-order valence-corrected chi connectivity index (χ4v) is 2.12. The molecule has 2 amide bonds. The summed E-state index contributed by atoms with van der Waals surface area (Å²) in [6, 6.07) is 2.95. The first kappa shape index (κ1) is 15.2. The molecule has 1 aromatic heterocycles. The van der Waals surface area contributed by atoms with E-state index in [1.807, 2.05) is 0 Å². The van der Waals surface area contributed by atoms with Gasteiger partial charge in [0.25, 0.3) is 11.5 Å². The Morgan fingerprint density at radius 2 is 2.19 bits per heavy atom. The molecular weight excluding hydrogens is 276 g/mol. The minimum Gasteiger partial charge on any atom is -0.367 e. The molecule has 1 saturated heterocycles. The van der Waals surface area contributed by atoms with Gasteiger partial charge in [0.2, 0.25) is 5.91 Å². The Hall–Kier alpha value is -2.22. The van der Waals surface area contributed by atoms with Crippen LogP contribution in [0.1, 0.15) is 12.6 Å². The van der Waals surface area contributed by atoms with Gasteiger partial charge in [-0.2, -0.15) is 5.10 Å². The van der Waals surface area contributed by atoms with Gasteiger partial charge in [-0.25, -0.2) is 4.68 Å². The molecule has 0 unspecified atom stereocenters. The van der Waals surface area contributed by atoms with Crippen LogP contribution in [-0.2, 0) is 20.9 Å². The summed E-state index contributed by atoms with van der Waals surface area (Å²) < 4.78 is 6.45. The van der Waals surface area contributed by atoms with Crippen LogP contribution in [0.25, 0.3) is 0 Å². The number of ether oxygens (including phenoxy) is 1. The molecule has 1 aromatic rings. The molecule has 1 aliphatic heterocycles. The summed E-state index contributed by atoms with van der Waals surface area (Å²) in [5, 5.41) is 4.01. The van der Waals surface area contributed by atoms with E-state index in [1.54, 1.807) is 19.9 Å². The van der Waals surface area contributed by atoms with Crippen LogP contribution in [0.15, 0.2) is 16.9 Å². The number of amides is 2. The number of hydrogen-bond donors (Lipinski definition) is 1. The first-order valence-electron chi connectivity index (χ1n) is 6.58. The highest BCUT2D eigenvalue weighted by Crippen LogP contribution is 2.17. The Bertz CT molecular complexity index is 627. The van der Waals surface area contributed by atoms with Crippen molar-refractivity contribution in [3.05, 3.63) is 28.2 Å². The molecule has 0 bridgehead atoms. The summed E-state index contributed by atoms with van der Waals surface area (Å²) in [6.45, 7) is 3.76. The molecule has 0 saturated carbocycles. The summed E-state index contributed by atoms with van der Waals surface area (Å²) in [5.74, 6) is -0.920. The van der Waals surface area contributed by atoms with Crippen molar-refractivity contribution in [3.63, 3.8) is 0 Å². The number of aryl methyl sites for hydroxylation is 1. The highest BCUT2D eigenvalue weighted by molar-refractivity contribution is 5.85. The van der Waals surface area contributed by atoms with E-state index < -0.39 is 11.5 Å². The van der Waals surface area contributed by atoms with E-state index in [0.717, 1.165) is 4.68 Å². The molecule has 21 heavy (non-hydrogen) atoms. The normalized spacial score (nSPS) is 22.1. The zero-order valence-corrected chi connectivity index (χ0v) is 12.0. The Morgan fingerprint density at radius 3 is 2.86 bits per heavy atom. The molecule has 1 fully saturated rings. The lowest BCUT2D eigenvalue weighted by Gasteiger charge is -2.38. The van der Waals surface area contributed by atoms with Crippen LogP contribution in [0.3, 0.4) is 0 Å². The molecule has 8 heteroatoms. The maximum absolute atomic E-state index is 12.3. The number of morpholine rings is 1. The average Bonchev–Trinajstić information content (AvgIpc) is 2.42. The van der Waals surface area contributed by atoms with E-state index in [9.17, 15) is 14.4 Å². The summed E-state index contributed by atoms with van der Waals surface area (Å²) in [4.78, 5) is 36.8. The standard InChI is InChI=1S/C13H18N4O4/c1-9-3-4-10(18)17(15-9)7-11(19)16-5-6-21-13(2,8-16)12(14)20/h3-4H,5-8H2,1-2H3,(H2,14,20)/t13-/m0/s1. The van der Waals surface area contributed by atoms with Crippen LogP contribution in [0, 0.1) is 6.92 Å². The summed E-state index contributed by atoms with van der Waals surface area (Å²) in [5.41, 5.74) is 4.39. The number of carbonyl (C=O) groups excluding carboxylic acids is 2. The third-order valence-electron chi connectivity index (χ3n) is 3.43. The summed E-state index contributed by atoms with van der Waals surface area (Å²) in [7, 11) is 0. The van der Waals surface area contributed by atoms with Crippen LogP contribution in [0.2, 0.25) is 0 Å². The van der Waals surface area contributed by atoms with Crippen molar-refractivity contribution >= 4 is 11.8 Å². The van der Waals surface area contributed by atoms with E-state index in [-0.39, 0.29) is 31.2 Å². The van der Waals surface area contributed by atoms with Gasteiger partial charge in [-0.15, -0.1) is 0 Å². The molecule has 1 aliphatic rings. The van der Waals surface area contributed by atoms with E-state index in [1.165, 1.54) is 11.0 Å². The molecule has 8 nitrogen and oxygen atoms in total. The number of hydrogen-bond acceptors (Lipinski definition) is 5. The maximum atomic E-state index is 12.3. The fraction of sp³-hybridized carbons (Fsp3) is 0.538. The largest absolute Gasteiger partial charge is 0.367 e. The number of primary amides is 1. The Balaban J connectivity index is 2.12. The van der Waals surface area contributed by atoms with Crippen LogP contribution in [-0.4, -0.2) is 51.8 Å². The van der Waals surface area contributed by atoms with Crippen molar-refractivity contribution in [2.24, 2.45) is 5.73 Å². The second-order valence-corrected chi connectivity index (χ2v) is 5.23. The third kappa shape index (κ3) is 3.27. The highest BCUT2D eigenvalue weighted by atomic mass is 16.5.